The van der Waals surface area contributed by atoms with Gasteiger partial charge in [0, 0.05) is 31.1 Å². The van der Waals surface area contributed by atoms with Gasteiger partial charge in [0.05, 0.1) is 19.8 Å². The highest BCUT2D eigenvalue weighted by Crippen LogP contribution is 2.18. The number of guanidine groups is 1. The van der Waals surface area contributed by atoms with Gasteiger partial charge in [-0.25, -0.2) is 4.99 Å². The Morgan fingerprint density at radius 1 is 1.20 bits per heavy atom. The molecule has 0 bridgehead atoms. The van der Waals surface area contributed by atoms with Crippen molar-refractivity contribution in [1.29, 1.82) is 0 Å². The van der Waals surface area contributed by atoms with Crippen LogP contribution < -0.4 is 11.1 Å². The highest BCUT2D eigenvalue weighted by Gasteiger charge is 2.25. The van der Waals surface area contributed by atoms with Crippen molar-refractivity contribution in [3.8, 4) is 0 Å². The van der Waals surface area contributed by atoms with Crippen molar-refractivity contribution in [2.24, 2.45) is 16.6 Å². The Hall–Kier alpha value is -2.13. The summed E-state index contributed by atoms with van der Waals surface area (Å²) in [6, 6.07) is 17.6. The minimum atomic E-state index is -0.416. The molecule has 3 N–H and O–H groups in total. The summed E-state index contributed by atoms with van der Waals surface area (Å²) < 4.78 is 5.93. The summed E-state index contributed by atoms with van der Waals surface area (Å²) in [6.07, 6.45) is 1.09. The number of carbonyl (C=O) groups excluding carboxylic acids is 1. The minimum absolute atomic E-state index is 0. The number of nitrogens with one attached hydrogen (secondary N) is 1. The molecule has 0 aromatic heterocycles. The van der Waals surface area contributed by atoms with Gasteiger partial charge in [0.15, 0.2) is 5.96 Å². The van der Waals surface area contributed by atoms with E-state index in [0.29, 0.717) is 24.6 Å². The molecule has 1 unspecified atom stereocenters. The van der Waals surface area contributed by atoms with Gasteiger partial charge >= 0.3 is 0 Å². The normalized spacial score (nSPS) is 16.2. The van der Waals surface area contributed by atoms with Gasteiger partial charge < -0.3 is 20.7 Å². The first-order valence-corrected chi connectivity index (χ1v) is 10.2. The number of rotatable bonds is 8. The van der Waals surface area contributed by atoms with E-state index in [4.69, 9.17) is 15.5 Å². The number of carbonyl (C=O) groups is 1. The second-order valence-corrected chi connectivity index (χ2v) is 7.34. The zero-order chi connectivity index (χ0) is 20.5. The number of nitrogens with zero attached hydrogens (tertiary/aromatic N) is 2. The third-order valence-corrected chi connectivity index (χ3v) is 5.01. The summed E-state index contributed by atoms with van der Waals surface area (Å²) in [5.41, 5.74) is 8.06. The standard InChI is InChI=1S/C23H30N4O2.HI/c1-2-25-23(26-14-19-9-6-10-21(13-19)22(24)28)27-12-11-20(15-27)17-29-16-18-7-4-3-5-8-18;/h3-10,13,20H,2,11-12,14-17H2,1H3,(H2,24,28)(H,25,26);1H. The molecule has 1 fully saturated rings. The first-order valence-electron chi connectivity index (χ1n) is 10.2. The predicted octanol–water partition coefficient (Wildman–Crippen LogP) is 3.41. The van der Waals surface area contributed by atoms with E-state index in [-0.39, 0.29) is 24.0 Å². The van der Waals surface area contributed by atoms with Gasteiger partial charge in [-0.1, -0.05) is 42.5 Å². The van der Waals surface area contributed by atoms with Gasteiger partial charge in [0.25, 0.3) is 0 Å². The number of amides is 1. The van der Waals surface area contributed by atoms with E-state index in [9.17, 15) is 4.79 Å². The first-order chi connectivity index (χ1) is 14.2. The Morgan fingerprint density at radius 2 is 1.97 bits per heavy atom. The van der Waals surface area contributed by atoms with Crippen LogP contribution in [0, 0.1) is 5.92 Å². The molecule has 0 radical (unpaired) electrons. The molecular formula is C23H31IN4O2. The van der Waals surface area contributed by atoms with Crippen molar-refractivity contribution in [1.82, 2.24) is 10.2 Å². The van der Waals surface area contributed by atoms with Crippen LogP contribution in [0.3, 0.4) is 0 Å². The molecule has 1 heterocycles. The average molecular weight is 522 g/mol. The third kappa shape index (κ3) is 7.28. The second-order valence-electron chi connectivity index (χ2n) is 7.34. The van der Waals surface area contributed by atoms with Crippen LogP contribution in [0.4, 0.5) is 0 Å². The SMILES string of the molecule is CCNC(=NCc1cccc(C(N)=O)c1)N1CCC(COCc2ccccc2)C1.I. The van der Waals surface area contributed by atoms with Crippen molar-refractivity contribution in [3.05, 3.63) is 71.3 Å². The highest BCUT2D eigenvalue weighted by atomic mass is 127. The van der Waals surface area contributed by atoms with Crippen molar-refractivity contribution < 1.29 is 9.53 Å². The number of benzene rings is 2. The smallest absolute Gasteiger partial charge is 0.248 e. The van der Waals surface area contributed by atoms with Crippen molar-refractivity contribution >= 4 is 35.8 Å². The fraction of sp³-hybridized carbons (Fsp3) is 0.391. The van der Waals surface area contributed by atoms with E-state index in [1.165, 1.54) is 5.56 Å². The highest BCUT2D eigenvalue weighted by molar-refractivity contribution is 14.0. The Balaban J connectivity index is 0.00000320. The van der Waals surface area contributed by atoms with Crippen LogP contribution in [0.15, 0.2) is 59.6 Å². The molecule has 0 spiro atoms. The molecular weight excluding hydrogens is 491 g/mol. The van der Waals surface area contributed by atoms with Gasteiger partial charge in [0.2, 0.25) is 5.91 Å². The maximum absolute atomic E-state index is 11.4. The number of halogens is 1. The molecule has 6 nitrogen and oxygen atoms in total. The molecule has 1 aliphatic rings. The van der Waals surface area contributed by atoms with E-state index < -0.39 is 5.91 Å². The average Bonchev–Trinajstić information content (AvgIpc) is 3.21. The predicted molar refractivity (Wildman–Crippen MR) is 131 cm³/mol. The number of primary amides is 1. The molecule has 3 rings (SSSR count). The molecule has 162 valence electrons. The molecule has 30 heavy (non-hydrogen) atoms. The topological polar surface area (TPSA) is 79.9 Å². The summed E-state index contributed by atoms with van der Waals surface area (Å²) >= 11 is 0. The quantitative estimate of drug-likeness (QED) is 0.317. The Labute approximate surface area is 195 Å². The lowest BCUT2D eigenvalue weighted by atomic mass is 10.1. The number of aliphatic imine (C=N–C) groups is 1. The lowest BCUT2D eigenvalue weighted by Crippen LogP contribution is -2.40. The van der Waals surface area contributed by atoms with Crippen LogP contribution in [-0.4, -0.2) is 43.0 Å². The third-order valence-electron chi connectivity index (χ3n) is 5.01. The monoisotopic (exact) mass is 522 g/mol. The molecule has 1 atom stereocenters. The Kier molecular flexibility index (Phi) is 10.1. The maximum Gasteiger partial charge on any atom is 0.248 e. The molecule has 2 aromatic carbocycles. The minimum Gasteiger partial charge on any atom is -0.376 e. The van der Waals surface area contributed by atoms with E-state index >= 15 is 0 Å². The summed E-state index contributed by atoms with van der Waals surface area (Å²) in [5.74, 6) is 0.990. The zero-order valence-corrected chi connectivity index (χ0v) is 19.8. The molecule has 2 aromatic rings. The number of likely N-dealkylation sites (tertiary alicyclic amines) is 1. The van der Waals surface area contributed by atoms with Gasteiger partial charge in [-0.05, 0) is 36.6 Å². The lowest BCUT2D eigenvalue weighted by Gasteiger charge is -2.21. The summed E-state index contributed by atoms with van der Waals surface area (Å²) in [6.45, 7) is 6.70. The van der Waals surface area contributed by atoms with Gasteiger partial charge in [0.1, 0.15) is 0 Å². The van der Waals surface area contributed by atoms with Crippen molar-refractivity contribution in [3.63, 3.8) is 0 Å². The molecule has 7 heteroatoms. The van der Waals surface area contributed by atoms with Gasteiger partial charge in [-0.3, -0.25) is 4.79 Å². The molecule has 0 aliphatic carbocycles. The number of hydrogen-bond donors (Lipinski definition) is 2. The Bertz CT molecular complexity index is 829. The van der Waals surface area contributed by atoms with Crippen LogP contribution in [0.25, 0.3) is 0 Å². The van der Waals surface area contributed by atoms with Gasteiger partial charge in [-0.2, -0.15) is 0 Å². The van der Waals surface area contributed by atoms with Crippen LogP contribution >= 0.6 is 24.0 Å². The first kappa shape index (κ1) is 24.1. The summed E-state index contributed by atoms with van der Waals surface area (Å²) in [4.78, 5) is 18.4. The van der Waals surface area contributed by atoms with Crippen LogP contribution in [0.1, 0.15) is 34.8 Å². The van der Waals surface area contributed by atoms with Crippen LogP contribution in [-0.2, 0) is 17.9 Å². The zero-order valence-electron chi connectivity index (χ0n) is 17.4. The molecule has 1 aliphatic heterocycles. The van der Waals surface area contributed by atoms with E-state index in [1.807, 2.05) is 30.3 Å². The largest absolute Gasteiger partial charge is 0.376 e. The molecule has 1 saturated heterocycles. The van der Waals surface area contributed by atoms with Crippen molar-refractivity contribution in [2.45, 2.75) is 26.5 Å². The van der Waals surface area contributed by atoms with Crippen molar-refractivity contribution in [2.75, 3.05) is 26.2 Å². The summed E-state index contributed by atoms with van der Waals surface area (Å²) in [7, 11) is 0. The van der Waals surface area contributed by atoms with Crippen LogP contribution in [0.2, 0.25) is 0 Å². The second kappa shape index (κ2) is 12.5. The van der Waals surface area contributed by atoms with E-state index in [1.54, 1.807) is 12.1 Å². The number of ether oxygens (including phenoxy) is 1. The van der Waals surface area contributed by atoms with E-state index in [0.717, 1.165) is 44.2 Å². The summed E-state index contributed by atoms with van der Waals surface area (Å²) in [5, 5.41) is 3.38. The van der Waals surface area contributed by atoms with Gasteiger partial charge in [-0.15, -0.1) is 24.0 Å². The lowest BCUT2D eigenvalue weighted by molar-refractivity contribution is 0.0906. The fourth-order valence-electron chi connectivity index (χ4n) is 3.49. The fourth-order valence-corrected chi connectivity index (χ4v) is 3.49. The molecule has 1 amide bonds. The number of nitrogens with two attached hydrogens (primary N) is 1. The Morgan fingerprint density at radius 3 is 2.70 bits per heavy atom. The number of hydrogen-bond acceptors (Lipinski definition) is 3. The maximum atomic E-state index is 11.4. The van der Waals surface area contributed by atoms with Crippen LogP contribution in [0.5, 0.6) is 0 Å². The van der Waals surface area contributed by atoms with E-state index in [2.05, 4.69) is 29.3 Å². The molecule has 0 saturated carbocycles.